The van der Waals surface area contributed by atoms with Gasteiger partial charge in [-0.25, -0.2) is 0 Å². The maximum absolute atomic E-state index is 12.8. The highest BCUT2D eigenvalue weighted by Gasteiger charge is 2.34. The van der Waals surface area contributed by atoms with Crippen LogP contribution in [0.2, 0.25) is 5.02 Å². The van der Waals surface area contributed by atoms with E-state index in [9.17, 15) is 9.59 Å². The largest absolute Gasteiger partial charge is 0.337 e. The van der Waals surface area contributed by atoms with Crippen molar-refractivity contribution in [2.24, 2.45) is 0 Å². The zero-order valence-corrected chi connectivity index (χ0v) is 14.4. The van der Waals surface area contributed by atoms with Crippen LogP contribution in [-0.4, -0.2) is 32.5 Å². The van der Waals surface area contributed by atoms with Crippen LogP contribution in [0.4, 0.5) is 0 Å². The third kappa shape index (κ3) is 3.01. The smallest absolute Gasteiger partial charge is 0.266 e. The molecule has 1 aliphatic heterocycles. The number of halogens is 1. The van der Waals surface area contributed by atoms with Gasteiger partial charge < -0.3 is 14.4 Å². The summed E-state index contributed by atoms with van der Waals surface area (Å²) in [5.41, 5.74) is 0.751. The fourth-order valence-corrected chi connectivity index (χ4v) is 3.26. The van der Waals surface area contributed by atoms with Gasteiger partial charge in [-0.3, -0.25) is 9.59 Å². The Labute approximate surface area is 153 Å². The predicted molar refractivity (Wildman–Crippen MR) is 94.8 cm³/mol. The molecule has 0 saturated carbocycles. The number of hydrogen-bond donors (Lipinski definition) is 1. The molecule has 0 bridgehead atoms. The highest BCUT2D eigenvalue weighted by molar-refractivity contribution is 6.30. The molecule has 1 saturated heterocycles. The number of aromatic nitrogens is 3. The van der Waals surface area contributed by atoms with Crippen molar-refractivity contribution in [2.45, 2.75) is 18.9 Å². The van der Waals surface area contributed by atoms with Gasteiger partial charge in [0.1, 0.15) is 11.1 Å². The van der Waals surface area contributed by atoms with Crippen molar-refractivity contribution in [3.05, 3.63) is 69.4 Å². The maximum atomic E-state index is 12.8. The average molecular weight is 371 g/mol. The van der Waals surface area contributed by atoms with Crippen molar-refractivity contribution < 1.29 is 9.32 Å². The van der Waals surface area contributed by atoms with Crippen molar-refractivity contribution >= 4 is 17.5 Å². The van der Waals surface area contributed by atoms with Gasteiger partial charge in [-0.2, -0.15) is 4.98 Å². The van der Waals surface area contributed by atoms with E-state index in [-0.39, 0.29) is 17.0 Å². The number of carbonyl (C=O) groups excluding carboxylic acids is 1. The van der Waals surface area contributed by atoms with E-state index in [1.807, 2.05) is 30.3 Å². The Kier molecular flexibility index (Phi) is 4.30. The maximum Gasteiger partial charge on any atom is 0.266 e. The molecule has 4 rings (SSSR count). The van der Waals surface area contributed by atoms with E-state index in [1.54, 1.807) is 4.90 Å². The van der Waals surface area contributed by atoms with Gasteiger partial charge >= 0.3 is 0 Å². The first-order valence-corrected chi connectivity index (χ1v) is 8.59. The van der Waals surface area contributed by atoms with Gasteiger partial charge in [0.05, 0.1) is 5.56 Å². The SMILES string of the molecule is O=C(c1c[nH]c(=O)c(Cl)c1)N1CCC[C@@H]1c1nc(-c2ccccc2)no1. The summed E-state index contributed by atoms with van der Waals surface area (Å²) in [5.74, 6) is 0.669. The molecular weight excluding hydrogens is 356 g/mol. The summed E-state index contributed by atoms with van der Waals surface area (Å²) < 4.78 is 5.42. The third-order valence-corrected chi connectivity index (χ3v) is 4.66. The molecule has 1 N–H and O–H groups in total. The van der Waals surface area contributed by atoms with Crippen LogP contribution in [0.25, 0.3) is 11.4 Å². The van der Waals surface area contributed by atoms with Crippen molar-refractivity contribution in [1.29, 1.82) is 0 Å². The van der Waals surface area contributed by atoms with Crippen molar-refractivity contribution in [1.82, 2.24) is 20.0 Å². The standard InChI is InChI=1S/C18H15ClN4O3/c19-13-9-12(10-20-16(13)24)18(25)23-8-4-7-14(23)17-21-15(22-26-17)11-5-2-1-3-6-11/h1-3,5-6,9-10,14H,4,7-8H2,(H,20,24)/t14-/m1/s1. The fourth-order valence-electron chi connectivity index (χ4n) is 3.09. The summed E-state index contributed by atoms with van der Waals surface area (Å²) in [6, 6.07) is 10.6. The lowest BCUT2D eigenvalue weighted by Crippen LogP contribution is -2.31. The number of pyridine rings is 1. The molecule has 1 atom stereocenters. The monoisotopic (exact) mass is 370 g/mol. The average Bonchev–Trinajstić information content (AvgIpc) is 3.33. The molecular formula is C18H15ClN4O3. The minimum absolute atomic E-state index is 0.0178. The molecule has 8 heteroatoms. The predicted octanol–water partition coefficient (Wildman–Crippen LogP) is 3.06. The summed E-state index contributed by atoms with van der Waals surface area (Å²) in [6.07, 6.45) is 2.94. The summed E-state index contributed by atoms with van der Waals surface area (Å²) in [6.45, 7) is 0.573. The van der Waals surface area contributed by atoms with Crippen LogP contribution in [0, 0.1) is 0 Å². The Hall–Kier alpha value is -2.93. The van der Waals surface area contributed by atoms with E-state index in [0.29, 0.717) is 23.8 Å². The van der Waals surface area contributed by atoms with Crippen molar-refractivity contribution in [3.8, 4) is 11.4 Å². The number of nitrogens with one attached hydrogen (secondary N) is 1. The number of nitrogens with zero attached hydrogens (tertiary/aromatic N) is 3. The number of hydrogen-bond acceptors (Lipinski definition) is 5. The van der Waals surface area contributed by atoms with Crippen LogP contribution in [0.5, 0.6) is 0 Å². The Balaban J connectivity index is 1.60. The van der Waals surface area contributed by atoms with Gasteiger partial charge in [-0.05, 0) is 18.9 Å². The van der Waals surface area contributed by atoms with E-state index in [2.05, 4.69) is 15.1 Å². The quantitative estimate of drug-likeness (QED) is 0.765. The van der Waals surface area contributed by atoms with E-state index in [1.165, 1.54) is 12.3 Å². The number of carbonyl (C=O) groups is 1. The highest BCUT2D eigenvalue weighted by atomic mass is 35.5. The lowest BCUT2D eigenvalue weighted by atomic mass is 10.2. The summed E-state index contributed by atoms with van der Waals surface area (Å²) >= 11 is 5.83. The molecule has 1 aliphatic rings. The Morgan fingerprint density at radius 2 is 2.12 bits per heavy atom. The van der Waals surface area contributed by atoms with Gasteiger partial charge in [0.25, 0.3) is 11.5 Å². The molecule has 1 amide bonds. The van der Waals surface area contributed by atoms with E-state index >= 15 is 0 Å². The van der Waals surface area contributed by atoms with Crippen molar-refractivity contribution in [2.75, 3.05) is 6.54 Å². The van der Waals surface area contributed by atoms with E-state index < -0.39 is 5.56 Å². The number of rotatable bonds is 3. The van der Waals surface area contributed by atoms with E-state index in [4.69, 9.17) is 16.1 Å². The van der Waals surface area contributed by atoms with Crippen LogP contribution in [0.3, 0.4) is 0 Å². The topological polar surface area (TPSA) is 92.1 Å². The second-order valence-electron chi connectivity index (χ2n) is 6.04. The molecule has 0 aliphatic carbocycles. The van der Waals surface area contributed by atoms with Gasteiger partial charge in [-0.15, -0.1) is 0 Å². The lowest BCUT2D eigenvalue weighted by molar-refractivity contribution is 0.0709. The first-order chi connectivity index (χ1) is 12.6. The van der Waals surface area contributed by atoms with Crippen molar-refractivity contribution in [3.63, 3.8) is 0 Å². The van der Waals surface area contributed by atoms with Crippen LogP contribution >= 0.6 is 11.6 Å². The minimum Gasteiger partial charge on any atom is -0.337 e. The third-order valence-electron chi connectivity index (χ3n) is 4.38. The Morgan fingerprint density at radius 1 is 1.31 bits per heavy atom. The minimum atomic E-state index is -0.425. The lowest BCUT2D eigenvalue weighted by Gasteiger charge is -2.21. The second-order valence-corrected chi connectivity index (χ2v) is 6.45. The molecule has 1 fully saturated rings. The number of benzene rings is 1. The molecule has 132 valence electrons. The first kappa shape index (κ1) is 16.5. The van der Waals surface area contributed by atoms with E-state index in [0.717, 1.165) is 18.4 Å². The molecule has 0 unspecified atom stereocenters. The van der Waals surface area contributed by atoms with Gasteiger partial charge in [0.15, 0.2) is 0 Å². The van der Waals surface area contributed by atoms with Gasteiger partial charge in [-0.1, -0.05) is 47.1 Å². The zero-order chi connectivity index (χ0) is 18.1. The van der Waals surface area contributed by atoms with Gasteiger partial charge in [0.2, 0.25) is 11.7 Å². The molecule has 26 heavy (non-hydrogen) atoms. The molecule has 3 aromatic rings. The van der Waals surface area contributed by atoms with Crippen LogP contribution < -0.4 is 5.56 Å². The second kappa shape index (κ2) is 6.76. The number of amides is 1. The van der Waals surface area contributed by atoms with Gasteiger partial charge in [0, 0.05) is 18.3 Å². The Morgan fingerprint density at radius 3 is 2.88 bits per heavy atom. The number of H-pyrrole nitrogens is 1. The summed E-state index contributed by atoms with van der Waals surface area (Å²) in [7, 11) is 0. The molecule has 1 aromatic carbocycles. The molecule has 7 nitrogen and oxygen atoms in total. The molecule has 3 heterocycles. The molecule has 2 aromatic heterocycles. The normalized spacial score (nSPS) is 16.8. The fraction of sp³-hybridized carbons (Fsp3) is 0.222. The van der Waals surface area contributed by atoms with Crippen LogP contribution in [0.15, 0.2) is 51.9 Å². The summed E-state index contributed by atoms with van der Waals surface area (Å²) in [5, 5.41) is 4.01. The Bertz CT molecular complexity index is 999. The van der Waals surface area contributed by atoms with Crippen LogP contribution in [0.1, 0.15) is 35.1 Å². The summed E-state index contributed by atoms with van der Waals surface area (Å²) in [4.78, 5) is 32.8. The highest BCUT2D eigenvalue weighted by Crippen LogP contribution is 2.33. The molecule has 0 spiro atoms. The number of aromatic amines is 1. The van der Waals surface area contributed by atoms with Crippen LogP contribution in [-0.2, 0) is 0 Å². The first-order valence-electron chi connectivity index (χ1n) is 8.22. The number of likely N-dealkylation sites (tertiary alicyclic amines) is 1. The molecule has 0 radical (unpaired) electrons. The zero-order valence-electron chi connectivity index (χ0n) is 13.7.